The van der Waals surface area contributed by atoms with Crippen molar-refractivity contribution in [2.24, 2.45) is 0 Å². The lowest BCUT2D eigenvalue weighted by Gasteiger charge is -2.25. The van der Waals surface area contributed by atoms with Crippen LogP contribution in [0.15, 0.2) is 59.5 Å². The molecule has 1 N–H and O–H groups in total. The van der Waals surface area contributed by atoms with Crippen LogP contribution in [0.25, 0.3) is 0 Å². The summed E-state index contributed by atoms with van der Waals surface area (Å²) in [5.74, 6) is -0.866. The highest BCUT2D eigenvalue weighted by Gasteiger charge is 2.29. The highest BCUT2D eigenvalue weighted by Crippen LogP contribution is 2.33. The van der Waals surface area contributed by atoms with Gasteiger partial charge in [-0.05, 0) is 55.0 Å². The van der Waals surface area contributed by atoms with Crippen molar-refractivity contribution in [3.63, 3.8) is 0 Å². The summed E-state index contributed by atoms with van der Waals surface area (Å²) in [5.41, 5.74) is 1.05. The van der Waals surface area contributed by atoms with Gasteiger partial charge in [-0.25, -0.2) is 12.8 Å². The first kappa shape index (κ1) is 25.6. The summed E-state index contributed by atoms with van der Waals surface area (Å²) in [7, 11) is -1.53. The predicted molar refractivity (Wildman–Crippen MR) is 130 cm³/mol. The lowest BCUT2D eigenvalue weighted by molar-refractivity contribution is -0.114. The van der Waals surface area contributed by atoms with Crippen LogP contribution in [0.2, 0.25) is 10.0 Å². The van der Waals surface area contributed by atoms with Crippen molar-refractivity contribution < 1.29 is 27.1 Å². The van der Waals surface area contributed by atoms with Gasteiger partial charge in [-0.3, -0.25) is 9.10 Å². The third-order valence-corrected chi connectivity index (χ3v) is 7.43. The van der Waals surface area contributed by atoms with E-state index in [4.69, 9.17) is 32.7 Å². The first-order valence-corrected chi connectivity index (χ1v) is 12.0. The number of carbonyl (C=O) groups excluding carboxylic acids is 1. The second-order valence-electron chi connectivity index (χ2n) is 7.09. The van der Waals surface area contributed by atoms with E-state index in [-0.39, 0.29) is 21.4 Å². The van der Waals surface area contributed by atoms with Gasteiger partial charge >= 0.3 is 0 Å². The summed E-state index contributed by atoms with van der Waals surface area (Å²) >= 11 is 12.0. The molecule has 0 bridgehead atoms. The van der Waals surface area contributed by atoms with Gasteiger partial charge in [0.15, 0.2) is 11.5 Å². The fourth-order valence-electron chi connectivity index (χ4n) is 3.12. The number of nitrogens with zero attached hydrogens (tertiary/aromatic N) is 1. The molecule has 11 heteroatoms. The molecule has 0 aromatic heterocycles. The van der Waals surface area contributed by atoms with Gasteiger partial charge in [0.05, 0.1) is 29.8 Å². The minimum absolute atomic E-state index is 0.000786. The topological polar surface area (TPSA) is 84.9 Å². The molecule has 0 aliphatic heterocycles. The summed E-state index contributed by atoms with van der Waals surface area (Å²) in [6.07, 6.45) is 0. The number of halogens is 3. The predicted octanol–water partition coefficient (Wildman–Crippen LogP) is 5.29. The van der Waals surface area contributed by atoms with E-state index < -0.39 is 28.3 Å². The molecule has 0 atom stereocenters. The normalized spacial score (nSPS) is 11.1. The zero-order chi connectivity index (χ0) is 25.0. The Morgan fingerprint density at radius 3 is 2.35 bits per heavy atom. The zero-order valence-corrected chi connectivity index (χ0v) is 20.8. The minimum Gasteiger partial charge on any atom is -0.493 e. The van der Waals surface area contributed by atoms with Crippen LogP contribution in [0.4, 0.5) is 15.8 Å². The second-order valence-corrected chi connectivity index (χ2v) is 9.76. The number of nitrogens with one attached hydrogen (secondary N) is 1. The average Bonchev–Trinajstić information content (AvgIpc) is 2.81. The van der Waals surface area contributed by atoms with E-state index in [9.17, 15) is 17.6 Å². The van der Waals surface area contributed by atoms with Gasteiger partial charge in [-0.2, -0.15) is 0 Å². The largest absolute Gasteiger partial charge is 0.493 e. The molecule has 0 saturated heterocycles. The maximum atomic E-state index is 13.8. The SMILES string of the molecule is COc1ccc(S(=O)(=O)N(CC(=O)Nc2cccc(Cl)c2C)c2ccc(F)c(Cl)c2)cc1OC. The standard InChI is InChI=1S/C23H21Cl2FN2O5S/c1-14-17(24)5-4-6-20(14)27-23(29)13-28(15-7-9-19(26)18(25)11-15)34(30,31)16-8-10-21(32-2)22(12-16)33-3/h4-12H,13H2,1-3H3,(H,27,29). The Labute approximate surface area is 207 Å². The highest BCUT2D eigenvalue weighted by molar-refractivity contribution is 7.92. The van der Waals surface area contributed by atoms with Gasteiger partial charge < -0.3 is 14.8 Å². The minimum atomic E-state index is -4.32. The Hall–Kier alpha value is -3.01. The molecular formula is C23H21Cl2FN2O5S. The number of hydrogen-bond donors (Lipinski definition) is 1. The molecule has 1 amide bonds. The Balaban J connectivity index is 2.04. The first-order chi connectivity index (χ1) is 16.1. The molecule has 3 aromatic rings. The van der Waals surface area contributed by atoms with E-state index >= 15 is 0 Å². The molecular weight excluding hydrogens is 506 g/mol. The van der Waals surface area contributed by atoms with Crippen LogP contribution in [-0.4, -0.2) is 35.1 Å². The van der Waals surface area contributed by atoms with Gasteiger partial charge in [0.1, 0.15) is 12.4 Å². The van der Waals surface area contributed by atoms with E-state index in [0.29, 0.717) is 22.0 Å². The van der Waals surface area contributed by atoms with Crippen LogP contribution < -0.4 is 19.1 Å². The Morgan fingerprint density at radius 2 is 1.71 bits per heavy atom. The quantitative estimate of drug-likeness (QED) is 0.430. The number of sulfonamides is 1. The molecule has 0 unspecified atom stereocenters. The number of anilines is 2. The van der Waals surface area contributed by atoms with Crippen LogP contribution in [0.3, 0.4) is 0 Å². The highest BCUT2D eigenvalue weighted by atomic mass is 35.5. The monoisotopic (exact) mass is 526 g/mol. The number of benzene rings is 3. The van der Waals surface area contributed by atoms with E-state index in [1.165, 1.54) is 38.5 Å². The molecule has 0 fully saturated rings. The molecule has 3 rings (SSSR count). The van der Waals surface area contributed by atoms with E-state index in [2.05, 4.69) is 5.32 Å². The number of ether oxygens (including phenoxy) is 2. The van der Waals surface area contributed by atoms with E-state index in [1.54, 1.807) is 25.1 Å². The smallest absolute Gasteiger partial charge is 0.264 e. The first-order valence-electron chi connectivity index (χ1n) is 9.83. The number of carbonyl (C=O) groups is 1. The van der Waals surface area contributed by atoms with Crippen molar-refractivity contribution in [3.05, 3.63) is 76.0 Å². The van der Waals surface area contributed by atoms with Gasteiger partial charge in [0.2, 0.25) is 5.91 Å². The fraction of sp³-hybridized carbons (Fsp3) is 0.174. The number of rotatable bonds is 8. The Bertz CT molecular complexity index is 1330. The zero-order valence-electron chi connectivity index (χ0n) is 18.4. The molecule has 0 radical (unpaired) electrons. The molecule has 0 saturated carbocycles. The molecule has 0 spiro atoms. The van der Waals surface area contributed by atoms with Crippen molar-refractivity contribution in [1.82, 2.24) is 0 Å². The maximum absolute atomic E-state index is 13.8. The van der Waals surface area contributed by atoms with Crippen LogP contribution in [0.5, 0.6) is 11.5 Å². The van der Waals surface area contributed by atoms with Crippen molar-refractivity contribution in [2.45, 2.75) is 11.8 Å². The van der Waals surface area contributed by atoms with Crippen molar-refractivity contribution in [1.29, 1.82) is 0 Å². The number of amides is 1. The van der Waals surface area contributed by atoms with E-state index in [0.717, 1.165) is 16.4 Å². The van der Waals surface area contributed by atoms with Gasteiger partial charge in [0.25, 0.3) is 10.0 Å². The third kappa shape index (κ3) is 5.38. The molecule has 34 heavy (non-hydrogen) atoms. The molecule has 7 nitrogen and oxygen atoms in total. The Morgan fingerprint density at radius 1 is 1.00 bits per heavy atom. The van der Waals surface area contributed by atoms with Crippen molar-refractivity contribution >= 4 is 50.5 Å². The summed E-state index contributed by atoms with van der Waals surface area (Å²) in [5, 5.41) is 2.81. The molecule has 180 valence electrons. The van der Waals surface area contributed by atoms with Crippen molar-refractivity contribution in [2.75, 3.05) is 30.4 Å². The number of hydrogen-bond acceptors (Lipinski definition) is 5. The second kappa shape index (κ2) is 10.5. The van der Waals surface area contributed by atoms with Gasteiger partial charge in [0, 0.05) is 16.8 Å². The summed E-state index contributed by atoms with van der Waals surface area (Å²) < 4.78 is 52.2. The maximum Gasteiger partial charge on any atom is 0.264 e. The van der Waals surface area contributed by atoms with Crippen LogP contribution in [0, 0.1) is 12.7 Å². The summed E-state index contributed by atoms with van der Waals surface area (Å²) in [6, 6.07) is 12.3. The number of methoxy groups -OCH3 is 2. The van der Waals surface area contributed by atoms with Crippen molar-refractivity contribution in [3.8, 4) is 11.5 Å². The van der Waals surface area contributed by atoms with Crippen LogP contribution in [-0.2, 0) is 14.8 Å². The lowest BCUT2D eigenvalue weighted by Crippen LogP contribution is -2.38. The average molecular weight is 527 g/mol. The molecule has 0 aliphatic rings. The van der Waals surface area contributed by atoms with Gasteiger partial charge in [-0.15, -0.1) is 0 Å². The molecule has 0 aliphatic carbocycles. The van der Waals surface area contributed by atoms with Gasteiger partial charge in [-0.1, -0.05) is 29.3 Å². The fourth-order valence-corrected chi connectivity index (χ4v) is 4.90. The summed E-state index contributed by atoms with van der Waals surface area (Å²) in [4.78, 5) is 12.7. The Kier molecular flexibility index (Phi) is 7.91. The molecule has 0 heterocycles. The summed E-state index contributed by atoms with van der Waals surface area (Å²) in [6.45, 7) is 1.10. The van der Waals surface area contributed by atoms with Crippen LogP contribution >= 0.6 is 23.2 Å². The van der Waals surface area contributed by atoms with Crippen LogP contribution in [0.1, 0.15) is 5.56 Å². The molecule has 3 aromatic carbocycles. The lowest BCUT2D eigenvalue weighted by atomic mass is 10.2. The third-order valence-electron chi connectivity index (χ3n) is 4.96. The van der Waals surface area contributed by atoms with E-state index in [1.807, 2.05) is 0 Å².